The Hall–Kier alpha value is -0.480. The molecule has 3 saturated carbocycles. The number of rotatable bonds is 7. The zero-order valence-corrected chi connectivity index (χ0v) is 20.3. The van der Waals surface area contributed by atoms with Gasteiger partial charge in [-0.3, -0.25) is 0 Å². The van der Waals surface area contributed by atoms with E-state index < -0.39 is 6.67 Å². The molecule has 0 spiro atoms. The third-order valence-corrected chi connectivity index (χ3v) is 9.44. The summed E-state index contributed by atoms with van der Waals surface area (Å²) in [7, 11) is 0. The standard InChI is InChI=1S/C28H46F2O2/c1-20-2-4-21(5-3-20)6-7-22-8-10-23(11-9-22)26-18-31-28(32-19-26)25-14-12-24(13-15-25)27(30)16-17-29/h16,20-26,28H,2-15,17-19H2,1H3/b27-16-. The van der Waals surface area contributed by atoms with Crippen molar-refractivity contribution in [2.75, 3.05) is 19.9 Å². The van der Waals surface area contributed by atoms with E-state index in [2.05, 4.69) is 6.92 Å². The number of hydrogen-bond acceptors (Lipinski definition) is 2. The van der Waals surface area contributed by atoms with Crippen LogP contribution in [0.5, 0.6) is 0 Å². The highest BCUT2D eigenvalue weighted by Crippen LogP contribution is 2.41. The van der Waals surface area contributed by atoms with Gasteiger partial charge in [0, 0.05) is 17.8 Å². The van der Waals surface area contributed by atoms with Crippen molar-refractivity contribution in [1.29, 1.82) is 0 Å². The second-order valence-corrected chi connectivity index (χ2v) is 11.6. The summed E-state index contributed by atoms with van der Waals surface area (Å²) in [5.74, 6) is 4.23. The minimum absolute atomic E-state index is 0.102. The van der Waals surface area contributed by atoms with Crippen LogP contribution in [0, 0.1) is 41.4 Å². The lowest BCUT2D eigenvalue weighted by Crippen LogP contribution is -2.41. The van der Waals surface area contributed by atoms with Crippen molar-refractivity contribution in [2.45, 2.75) is 103 Å². The Kier molecular flexibility index (Phi) is 9.46. The van der Waals surface area contributed by atoms with E-state index in [1.165, 1.54) is 64.2 Å². The maximum absolute atomic E-state index is 13.9. The largest absolute Gasteiger partial charge is 0.352 e. The molecular formula is C28H46F2O2. The maximum Gasteiger partial charge on any atom is 0.160 e. The molecule has 0 unspecified atom stereocenters. The average Bonchev–Trinajstić information content (AvgIpc) is 2.84. The smallest absolute Gasteiger partial charge is 0.160 e. The molecule has 0 aromatic rings. The Morgan fingerprint density at radius 1 is 0.719 bits per heavy atom. The minimum atomic E-state index is -0.705. The molecule has 3 aliphatic carbocycles. The van der Waals surface area contributed by atoms with E-state index in [-0.39, 0.29) is 18.0 Å². The van der Waals surface area contributed by atoms with E-state index in [1.54, 1.807) is 0 Å². The topological polar surface area (TPSA) is 18.5 Å². The first-order valence-corrected chi connectivity index (χ1v) is 13.8. The van der Waals surface area contributed by atoms with Crippen LogP contribution in [0.3, 0.4) is 0 Å². The molecule has 2 nitrogen and oxygen atoms in total. The Balaban J connectivity index is 1.11. The van der Waals surface area contributed by atoms with Gasteiger partial charge in [-0.15, -0.1) is 0 Å². The van der Waals surface area contributed by atoms with Crippen molar-refractivity contribution in [3.8, 4) is 0 Å². The first-order valence-electron chi connectivity index (χ1n) is 13.8. The second-order valence-electron chi connectivity index (χ2n) is 11.6. The van der Waals surface area contributed by atoms with Crippen LogP contribution < -0.4 is 0 Å². The van der Waals surface area contributed by atoms with Gasteiger partial charge in [-0.05, 0) is 68.3 Å². The Labute approximate surface area is 194 Å². The third-order valence-electron chi connectivity index (χ3n) is 9.44. The fraction of sp³-hybridized carbons (Fsp3) is 0.929. The molecule has 0 N–H and O–H groups in total. The Bertz CT molecular complexity index is 562. The molecule has 0 atom stereocenters. The number of ether oxygens (including phenoxy) is 2. The van der Waals surface area contributed by atoms with Gasteiger partial charge in [-0.1, -0.05) is 58.3 Å². The summed E-state index contributed by atoms with van der Waals surface area (Å²) < 4.78 is 38.6. The quantitative estimate of drug-likeness (QED) is 0.389. The van der Waals surface area contributed by atoms with E-state index in [1.807, 2.05) is 0 Å². The minimum Gasteiger partial charge on any atom is -0.352 e. The first-order chi connectivity index (χ1) is 15.6. The highest BCUT2D eigenvalue weighted by molar-refractivity contribution is 4.99. The van der Waals surface area contributed by atoms with Crippen molar-refractivity contribution in [1.82, 2.24) is 0 Å². The number of hydrogen-bond donors (Lipinski definition) is 0. The molecule has 4 aliphatic rings. The van der Waals surface area contributed by atoms with Crippen LogP contribution >= 0.6 is 0 Å². The van der Waals surface area contributed by atoms with Gasteiger partial charge in [0.25, 0.3) is 0 Å². The van der Waals surface area contributed by atoms with Gasteiger partial charge in [0.2, 0.25) is 0 Å². The van der Waals surface area contributed by atoms with Crippen LogP contribution in [0.4, 0.5) is 8.78 Å². The third kappa shape index (κ3) is 6.78. The molecule has 1 heterocycles. The molecule has 0 aromatic carbocycles. The predicted molar refractivity (Wildman–Crippen MR) is 126 cm³/mol. The van der Waals surface area contributed by atoms with Crippen molar-refractivity contribution in [3.05, 3.63) is 11.9 Å². The van der Waals surface area contributed by atoms with E-state index in [4.69, 9.17) is 9.47 Å². The Morgan fingerprint density at radius 2 is 1.25 bits per heavy atom. The zero-order chi connectivity index (χ0) is 22.3. The zero-order valence-electron chi connectivity index (χ0n) is 20.3. The van der Waals surface area contributed by atoms with Gasteiger partial charge in [0.05, 0.1) is 13.2 Å². The summed E-state index contributed by atoms with van der Waals surface area (Å²) in [6, 6.07) is 0. The monoisotopic (exact) mass is 452 g/mol. The summed E-state index contributed by atoms with van der Waals surface area (Å²) in [6.07, 6.45) is 18.6. The number of alkyl halides is 1. The number of halogens is 2. The van der Waals surface area contributed by atoms with Gasteiger partial charge in [-0.2, -0.15) is 0 Å². The average molecular weight is 453 g/mol. The molecule has 4 heteroatoms. The van der Waals surface area contributed by atoms with E-state index in [0.29, 0.717) is 11.8 Å². The van der Waals surface area contributed by atoms with E-state index in [9.17, 15) is 8.78 Å². The fourth-order valence-corrected chi connectivity index (χ4v) is 7.02. The van der Waals surface area contributed by atoms with Crippen LogP contribution in [0.1, 0.15) is 96.8 Å². The Morgan fingerprint density at radius 3 is 1.81 bits per heavy atom. The molecule has 0 bridgehead atoms. The van der Waals surface area contributed by atoms with Crippen molar-refractivity contribution in [3.63, 3.8) is 0 Å². The summed E-state index contributed by atoms with van der Waals surface area (Å²) >= 11 is 0. The van der Waals surface area contributed by atoms with Crippen LogP contribution in [0.15, 0.2) is 11.9 Å². The molecular weight excluding hydrogens is 406 g/mol. The van der Waals surface area contributed by atoms with Crippen LogP contribution in [0.2, 0.25) is 0 Å². The summed E-state index contributed by atoms with van der Waals surface area (Å²) in [6.45, 7) is 3.37. The molecule has 184 valence electrons. The lowest BCUT2D eigenvalue weighted by molar-refractivity contribution is -0.237. The summed E-state index contributed by atoms with van der Waals surface area (Å²) in [5, 5.41) is 0. The maximum atomic E-state index is 13.9. The molecule has 0 radical (unpaired) electrons. The van der Waals surface area contributed by atoms with Gasteiger partial charge in [0.15, 0.2) is 6.29 Å². The van der Waals surface area contributed by atoms with Crippen LogP contribution in [0.25, 0.3) is 0 Å². The van der Waals surface area contributed by atoms with Gasteiger partial charge < -0.3 is 9.47 Å². The van der Waals surface area contributed by atoms with E-state index in [0.717, 1.165) is 68.6 Å². The van der Waals surface area contributed by atoms with Crippen molar-refractivity contribution >= 4 is 0 Å². The normalized spacial score (nSPS) is 42.0. The highest BCUT2D eigenvalue weighted by atomic mass is 19.1. The second kappa shape index (κ2) is 12.3. The van der Waals surface area contributed by atoms with Gasteiger partial charge in [0.1, 0.15) is 12.5 Å². The fourth-order valence-electron chi connectivity index (χ4n) is 7.02. The SMILES string of the molecule is CC1CCC(CCC2CCC(C3COC(C4CCC(/C(F)=C/CF)CC4)OC3)CC2)CC1. The predicted octanol–water partition coefficient (Wildman–Crippen LogP) is 8.02. The first kappa shape index (κ1) is 24.6. The molecule has 32 heavy (non-hydrogen) atoms. The molecule has 4 fully saturated rings. The molecule has 1 aliphatic heterocycles. The molecule has 0 aromatic heterocycles. The molecule has 1 saturated heterocycles. The molecule has 4 rings (SSSR count). The van der Waals surface area contributed by atoms with Crippen molar-refractivity contribution < 1.29 is 18.3 Å². The van der Waals surface area contributed by atoms with Crippen LogP contribution in [-0.2, 0) is 9.47 Å². The van der Waals surface area contributed by atoms with E-state index >= 15 is 0 Å². The number of allylic oxidation sites excluding steroid dienone is 2. The summed E-state index contributed by atoms with van der Waals surface area (Å²) in [5.41, 5.74) is 0. The lowest BCUT2D eigenvalue weighted by Gasteiger charge is -2.41. The summed E-state index contributed by atoms with van der Waals surface area (Å²) in [4.78, 5) is 0. The van der Waals surface area contributed by atoms with Crippen LogP contribution in [-0.4, -0.2) is 26.2 Å². The van der Waals surface area contributed by atoms with Crippen molar-refractivity contribution in [2.24, 2.45) is 41.4 Å². The molecule has 0 amide bonds. The van der Waals surface area contributed by atoms with Gasteiger partial charge in [-0.25, -0.2) is 8.78 Å². The van der Waals surface area contributed by atoms with Gasteiger partial charge >= 0.3 is 0 Å². The lowest BCUT2D eigenvalue weighted by atomic mass is 9.73. The highest BCUT2D eigenvalue weighted by Gasteiger charge is 2.36.